The third-order valence-electron chi connectivity index (χ3n) is 4.17. The summed E-state index contributed by atoms with van der Waals surface area (Å²) in [6.07, 6.45) is 1.85. The minimum atomic E-state index is -0.906. The highest BCUT2D eigenvalue weighted by Gasteiger charge is 2.24. The lowest BCUT2D eigenvalue weighted by molar-refractivity contribution is -0.141. The van der Waals surface area contributed by atoms with Crippen molar-refractivity contribution in [3.63, 3.8) is 0 Å². The SMILES string of the molecule is Cc1ccc(N2CCCC(NC(=O)N(C)CC(C)C(=O)O)C2)nn1. The maximum absolute atomic E-state index is 12.2. The molecule has 0 aliphatic carbocycles. The molecule has 1 aliphatic rings. The van der Waals surface area contributed by atoms with Crippen LogP contribution in [0.15, 0.2) is 12.1 Å². The van der Waals surface area contributed by atoms with Gasteiger partial charge >= 0.3 is 12.0 Å². The number of carbonyl (C=O) groups is 2. The van der Waals surface area contributed by atoms with E-state index in [0.29, 0.717) is 6.54 Å². The number of carboxylic acids is 1. The number of rotatable bonds is 5. The number of hydrogen-bond acceptors (Lipinski definition) is 5. The fourth-order valence-corrected chi connectivity index (χ4v) is 2.72. The number of amides is 2. The second-order valence-electron chi connectivity index (χ2n) is 6.39. The zero-order valence-electron chi connectivity index (χ0n) is 14.4. The van der Waals surface area contributed by atoms with Gasteiger partial charge < -0.3 is 20.2 Å². The van der Waals surface area contributed by atoms with Crippen molar-refractivity contribution in [3.05, 3.63) is 17.8 Å². The number of hydrogen-bond donors (Lipinski definition) is 2. The molecule has 1 fully saturated rings. The molecule has 2 N–H and O–H groups in total. The van der Waals surface area contributed by atoms with E-state index in [1.165, 1.54) is 4.90 Å². The number of nitrogens with zero attached hydrogens (tertiary/aromatic N) is 4. The average Bonchev–Trinajstić information content (AvgIpc) is 2.55. The van der Waals surface area contributed by atoms with Crippen molar-refractivity contribution in [2.45, 2.75) is 32.7 Å². The Bertz CT molecular complexity index is 578. The lowest BCUT2D eigenvalue weighted by atomic mass is 10.1. The Morgan fingerprint density at radius 3 is 2.83 bits per heavy atom. The topological polar surface area (TPSA) is 98.7 Å². The Labute approximate surface area is 141 Å². The Balaban J connectivity index is 1.89. The average molecular weight is 335 g/mol. The molecule has 0 spiro atoms. The minimum Gasteiger partial charge on any atom is -0.481 e. The van der Waals surface area contributed by atoms with Gasteiger partial charge in [0.15, 0.2) is 5.82 Å². The summed E-state index contributed by atoms with van der Waals surface area (Å²) in [5.41, 5.74) is 0.870. The van der Waals surface area contributed by atoms with Crippen LogP contribution in [0.2, 0.25) is 0 Å². The Hall–Kier alpha value is -2.38. The molecule has 0 saturated carbocycles. The van der Waals surface area contributed by atoms with Crippen LogP contribution in [0.4, 0.5) is 10.6 Å². The molecule has 1 saturated heterocycles. The monoisotopic (exact) mass is 335 g/mol. The first-order valence-corrected chi connectivity index (χ1v) is 8.16. The summed E-state index contributed by atoms with van der Waals surface area (Å²) in [6.45, 7) is 5.22. The number of carbonyl (C=O) groups excluding carboxylic acids is 1. The van der Waals surface area contributed by atoms with Crippen LogP contribution in [-0.4, -0.2) is 64.9 Å². The van der Waals surface area contributed by atoms with E-state index in [1.54, 1.807) is 14.0 Å². The van der Waals surface area contributed by atoms with E-state index in [1.807, 2.05) is 19.1 Å². The molecule has 8 heteroatoms. The second-order valence-corrected chi connectivity index (χ2v) is 6.39. The number of anilines is 1. The van der Waals surface area contributed by atoms with Crippen molar-refractivity contribution in [1.82, 2.24) is 20.4 Å². The predicted molar refractivity (Wildman–Crippen MR) is 90.0 cm³/mol. The summed E-state index contributed by atoms with van der Waals surface area (Å²) in [5, 5.41) is 20.2. The van der Waals surface area contributed by atoms with Crippen molar-refractivity contribution in [2.75, 3.05) is 31.6 Å². The first-order chi connectivity index (χ1) is 11.4. The number of urea groups is 1. The van der Waals surface area contributed by atoms with E-state index in [2.05, 4.69) is 20.4 Å². The van der Waals surface area contributed by atoms with Crippen molar-refractivity contribution < 1.29 is 14.7 Å². The maximum atomic E-state index is 12.2. The van der Waals surface area contributed by atoms with Crippen LogP contribution in [0, 0.1) is 12.8 Å². The largest absolute Gasteiger partial charge is 0.481 e. The highest BCUT2D eigenvalue weighted by atomic mass is 16.4. The van der Waals surface area contributed by atoms with Crippen molar-refractivity contribution in [3.8, 4) is 0 Å². The van der Waals surface area contributed by atoms with Gasteiger partial charge in [-0.2, -0.15) is 5.10 Å². The predicted octanol–water partition coefficient (Wildman–Crippen LogP) is 1.12. The Kier molecular flexibility index (Phi) is 5.94. The molecule has 2 unspecified atom stereocenters. The molecule has 0 aromatic carbocycles. The number of aromatic nitrogens is 2. The molecular formula is C16H25N5O3. The van der Waals surface area contributed by atoms with Gasteiger partial charge in [0.1, 0.15) is 0 Å². The molecule has 24 heavy (non-hydrogen) atoms. The molecule has 2 rings (SSSR count). The van der Waals surface area contributed by atoms with Crippen LogP contribution in [0.25, 0.3) is 0 Å². The molecule has 0 bridgehead atoms. The van der Waals surface area contributed by atoms with Crippen LogP contribution in [-0.2, 0) is 4.79 Å². The smallest absolute Gasteiger partial charge is 0.317 e. The summed E-state index contributed by atoms with van der Waals surface area (Å²) in [5.74, 6) is -0.685. The quantitative estimate of drug-likeness (QED) is 0.836. The molecule has 1 aliphatic heterocycles. The Morgan fingerprint density at radius 2 is 2.21 bits per heavy atom. The number of piperidine rings is 1. The van der Waals surface area contributed by atoms with Gasteiger partial charge in [-0.15, -0.1) is 5.10 Å². The van der Waals surface area contributed by atoms with E-state index < -0.39 is 11.9 Å². The summed E-state index contributed by atoms with van der Waals surface area (Å²) in [4.78, 5) is 26.7. The summed E-state index contributed by atoms with van der Waals surface area (Å²) in [6, 6.07) is 3.63. The summed E-state index contributed by atoms with van der Waals surface area (Å²) >= 11 is 0. The van der Waals surface area contributed by atoms with Gasteiger partial charge in [0.25, 0.3) is 0 Å². The lowest BCUT2D eigenvalue weighted by Crippen LogP contribution is -2.51. The zero-order chi connectivity index (χ0) is 17.7. The minimum absolute atomic E-state index is 0.0111. The van der Waals surface area contributed by atoms with Gasteiger partial charge in [-0.1, -0.05) is 6.92 Å². The third kappa shape index (κ3) is 4.81. The second kappa shape index (κ2) is 7.94. The summed E-state index contributed by atoms with van der Waals surface area (Å²) < 4.78 is 0. The van der Waals surface area contributed by atoms with Gasteiger partial charge in [0.2, 0.25) is 0 Å². The van der Waals surface area contributed by atoms with Crippen LogP contribution in [0.5, 0.6) is 0 Å². The van der Waals surface area contributed by atoms with E-state index in [0.717, 1.165) is 30.9 Å². The third-order valence-corrected chi connectivity index (χ3v) is 4.17. The van der Waals surface area contributed by atoms with Gasteiger partial charge in [-0.3, -0.25) is 4.79 Å². The maximum Gasteiger partial charge on any atom is 0.317 e. The molecule has 2 atom stereocenters. The molecule has 8 nitrogen and oxygen atoms in total. The first-order valence-electron chi connectivity index (χ1n) is 8.16. The van der Waals surface area contributed by atoms with Crippen LogP contribution in [0.1, 0.15) is 25.5 Å². The van der Waals surface area contributed by atoms with E-state index in [9.17, 15) is 9.59 Å². The molecule has 2 heterocycles. The van der Waals surface area contributed by atoms with E-state index >= 15 is 0 Å². The molecule has 1 aromatic heterocycles. The fraction of sp³-hybridized carbons (Fsp3) is 0.625. The van der Waals surface area contributed by atoms with Gasteiger partial charge in [-0.25, -0.2) is 4.79 Å². The van der Waals surface area contributed by atoms with Gasteiger partial charge in [0.05, 0.1) is 11.6 Å². The number of aryl methyl sites for hydroxylation is 1. The van der Waals surface area contributed by atoms with Crippen LogP contribution in [0.3, 0.4) is 0 Å². The summed E-state index contributed by atoms with van der Waals surface area (Å²) in [7, 11) is 1.61. The number of carboxylic acid groups (broad SMARTS) is 1. The number of aliphatic carboxylic acids is 1. The van der Waals surface area contributed by atoms with Crippen molar-refractivity contribution >= 4 is 17.8 Å². The van der Waals surface area contributed by atoms with Crippen molar-refractivity contribution in [2.24, 2.45) is 5.92 Å². The molecule has 2 amide bonds. The highest BCUT2D eigenvalue weighted by Crippen LogP contribution is 2.17. The van der Waals surface area contributed by atoms with Gasteiger partial charge in [0, 0.05) is 32.7 Å². The molecule has 0 radical (unpaired) electrons. The zero-order valence-corrected chi connectivity index (χ0v) is 14.4. The molecular weight excluding hydrogens is 310 g/mol. The highest BCUT2D eigenvalue weighted by molar-refractivity contribution is 5.76. The Morgan fingerprint density at radius 1 is 1.46 bits per heavy atom. The van der Waals surface area contributed by atoms with Crippen LogP contribution < -0.4 is 10.2 Å². The van der Waals surface area contributed by atoms with E-state index in [4.69, 9.17) is 5.11 Å². The first kappa shape index (κ1) is 18.0. The molecule has 132 valence electrons. The fourth-order valence-electron chi connectivity index (χ4n) is 2.72. The normalized spacial score (nSPS) is 18.8. The standard InChI is InChI=1S/C16H25N5O3/c1-11(15(22)23)9-20(3)16(24)17-13-5-4-8-21(10-13)14-7-6-12(2)18-19-14/h6-7,11,13H,4-5,8-10H2,1-3H3,(H,17,24)(H,22,23). The lowest BCUT2D eigenvalue weighted by Gasteiger charge is -2.34. The number of nitrogens with one attached hydrogen (secondary N) is 1. The van der Waals surface area contributed by atoms with Crippen LogP contribution >= 0.6 is 0 Å². The molecule has 1 aromatic rings. The van der Waals surface area contributed by atoms with Gasteiger partial charge in [-0.05, 0) is 31.9 Å². The van der Waals surface area contributed by atoms with Crippen molar-refractivity contribution in [1.29, 1.82) is 0 Å². The van der Waals surface area contributed by atoms with E-state index in [-0.39, 0.29) is 18.6 Å².